The van der Waals surface area contributed by atoms with Gasteiger partial charge in [-0.15, -0.1) is 0 Å². The third-order valence-corrected chi connectivity index (χ3v) is 3.47. The highest BCUT2D eigenvalue weighted by Crippen LogP contribution is 2.35. The van der Waals surface area contributed by atoms with Crippen LogP contribution < -0.4 is 14.8 Å². The van der Waals surface area contributed by atoms with Crippen LogP contribution in [0.4, 0.5) is 0 Å². The highest BCUT2D eigenvalue weighted by atomic mass is 16.6. The molecule has 4 heteroatoms. The first-order chi connectivity index (χ1) is 9.79. The Bertz CT molecular complexity index is 591. The molecule has 0 aliphatic carbocycles. The Hall–Kier alpha value is -1.94. The number of nitrogens with one attached hydrogen (secondary N) is 1. The van der Waals surface area contributed by atoms with Gasteiger partial charge >= 0.3 is 0 Å². The molecule has 1 aromatic carbocycles. The van der Waals surface area contributed by atoms with E-state index < -0.39 is 0 Å². The molecule has 106 valence electrons. The zero-order valence-corrected chi connectivity index (χ0v) is 11.8. The van der Waals surface area contributed by atoms with Gasteiger partial charge in [-0.1, -0.05) is 13.0 Å². The van der Waals surface area contributed by atoms with Crippen molar-refractivity contribution in [1.29, 1.82) is 0 Å². The lowest BCUT2D eigenvalue weighted by molar-refractivity contribution is 0.171. The molecule has 1 aliphatic rings. The fourth-order valence-electron chi connectivity index (χ4n) is 2.49. The molecular weight excluding hydrogens is 254 g/mol. The predicted octanol–water partition coefficient (Wildman–Crippen LogP) is 3.06. The minimum absolute atomic E-state index is 0.0332. The first kappa shape index (κ1) is 13.1. The van der Waals surface area contributed by atoms with Crippen LogP contribution in [0.2, 0.25) is 0 Å². The van der Waals surface area contributed by atoms with Gasteiger partial charge in [-0.05, 0) is 42.8 Å². The SMILES string of the molecule is CCNC(c1ccc2c(c1)OCCO2)c1occc1C. The molecule has 0 spiro atoms. The highest BCUT2D eigenvalue weighted by Gasteiger charge is 2.21. The van der Waals surface area contributed by atoms with Crippen LogP contribution in [0.15, 0.2) is 34.9 Å². The molecule has 1 aliphatic heterocycles. The summed E-state index contributed by atoms with van der Waals surface area (Å²) in [5, 5.41) is 3.46. The van der Waals surface area contributed by atoms with Gasteiger partial charge in [0.1, 0.15) is 19.0 Å². The van der Waals surface area contributed by atoms with E-state index in [-0.39, 0.29) is 6.04 Å². The van der Waals surface area contributed by atoms with Crippen LogP contribution in [0, 0.1) is 6.92 Å². The van der Waals surface area contributed by atoms with Crippen molar-refractivity contribution in [3.8, 4) is 11.5 Å². The zero-order valence-electron chi connectivity index (χ0n) is 11.8. The molecule has 0 saturated heterocycles. The topological polar surface area (TPSA) is 43.6 Å². The first-order valence-electron chi connectivity index (χ1n) is 6.96. The maximum absolute atomic E-state index is 5.66. The number of aryl methyl sites for hydroxylation is 1. The van der Waals surface area contributed by atoms with E-state index in [9.17, 15) is 0 Å². The van der Waals surface area contributed by atoms with E-state index >= 15 is 0 Å². The lowest BCUT2D eigenvalue weighted by Crippen LogP contribution is -2.23. The number of hydrogen-bond acceptors (Lipinski definition) is 4. The summed E-state index contributed by atoms with van der Waals surface area (Å²) in [5.74, 6) is 2.57. The molecule has 1 aromatic heterocycles. The van der Waals surface area contributed by atoms with Gasteiger partial charge in [0.25, 0.3) is 0 Å². The maximum Gasteiger partial charge on any atom is 0.161 e. The molecule has 0 saturated carbocycles. The van der Waals surface area contributed by atoms with Gasteiger partial charge in [0.2, 0.25) is 0 Å². The summed E-state index contributed by atoms with van der Waals surface area (Å²) in [6.07, 6.45) is 1.73. The molecule has 1 unspecified atom stereocenters. The van der Waals surface area contributed by atoms with Gasteiger partial charge in [-0.2, -0.15) is 0 Å². The fourth-order valence-corrected chi connectivity index (χ4v) is 2.49. The standard InChI is InChI=1S/C16H19NO3/c1-3-17-15(16-11(2)6-7-20-16)12-4-5-13-14(10-12)19-9-8-18-13/h4-7,10,15,17H,3,8-9H2,1-2H3. The fraction of sp³-hybridized carbons (Fsp3) is 0.375. The molecule has 0 fully saturated rings. The van der Waals surface area contributed by atoms with Crippen LogP contribution in [-0.2, 0) is 0 Å². The van der Waals surface area contributed by atoms with Gasteiger partial charge in [0.15, 0.2) is 11.5 Å². The third kappa shape index (κ3) is 2.39. The maximum atomic E-state index is 5.66. The van der Waals surface area contributed by atoms with Crippen molar-refractivity contribution in [3.05, 3.63) is 47.4 Å². The second-order valence-corrected chi connectivity index (χ2v) is 4.86. The summed E-state index contributed by atoms with van der Waals surface area (Å²) in [7, 11) is 0. The van der Waals surface area contributed by atoms with E-state index in [1.807, 2.05) is 18.2 Å². The minimum Gasteiger partial charge on any atom is -0.486 e. The van der Waals surface area contributed by atoms with Crippen LogP contribution in [0.25, 0.3) is 0 Å². The summed E-state index contributed by atoms with van der Waals surface area (Å²) in [5.41, 5.74) is 2.26. The van der Waals surface area contributed by atoms with E-state index in [1.165, 1.54) is 0 Å². The van der Waals surface area contributed by atoms with Crippen molar-refractivity contribution in [2.24, 2.45) is 0 Å². The Balaban J connectivity index is 1.97. The number of furan rings is 1. The Morgan fingerprint density at radius 3 is 2.65 bits per heavy atom. The lowest BCUT2D eigenvalue weighted by Gasteiger charge is -2.22. The normalized spacial score (nSPS) is 15.1. The molecule has 0 radical (unpaired) electrons. The molecule has 1 N–H and O–H groups in total. The Labute approximate surface area is 118 Å². The van der Waals surface area contributed by atoms with Gasteiger partial charge < -0.3 is 19.2 Å². The van der Waals surface area contributed by atoms with E-state index in [2.05, 4.69) is 25.2 Å². The molecule has 20 heavy (non-hydrogen) atoms. The van der Waals surface area contributed by atoms with Gasteiger partial charge in [0.05, 0.1) is 12.3 Å². The first-order valence-corrected chi connectivity index (χ1v) is 6.96. The lowest BCUT2D eigenvalue weighted by atomic mass is 10.0. The van der Waals surface area contributed by atoms with Crippen molar-refractivity contribution in [1.82, 2.24) is 5.32 Å². The predicted molar refractivity (Wildman–Crippen MR) is 76.4 cm³/mol. The van der Waals surface area contributed by atoms with E-state index in [4.69, 9.17) is 13.9 Å². The molecule has 4 nitrogen and oxygen atoms in total. The Morgan fingerprint density at radius 2 is 1.95 bits per heavy atom. The minimum atomic E-state index is 0.0332. The third-order valence-electron chi connectivity index (χ3n) is 3.47. The summed E-state index contributed by atoms with van der Waals surface area (Å²) in [4.78, 5) is 0. The van der Waals surface area contributed by atoms with Crippen molar-refractivity contribution < 1.29 is 13.9 Å². The number of fused-ring (bicyclic) bond motifs is 1. The average molecular weight is 273 g/mol. The average Bonchev–Trinajstić information content (AvgIpc) is 2.90. The molecule has 2 heterocycles. The van der Waals surface area contributed by atoms with Gasteiger partial charge in [-0.3, -0.25) is 0 Å². The molecule has 3 rings (SSSR count). The summed E-state index contributed by atoms with van der Waals surface area (Å²) >= 11 is 0. The largest absolute Gasteiger partial charge is 0.486 e. The van der Waals surface area contributed by atoms with E-state index in [0.29, 0.717) is 13.2 Å². The Morgan fingerprint density at radius 1 is 1.15 bits per heavy atom. The number of rotatable bonds is 4. The van der Waals surface area contributed by atoms with Crippen molar-refractivity contribution in [2.75, 3.05) is 19.8 Å². The van der Waals surface area contributed by atoms with Crippen LogP contribution in [0.1, 0.15) is 29.9 Å². The van der Waals surface area contributed by atoms with Crippen molar-refractivity contribution in [2.45, 2.75) is 19.9 Å². The summed E-state index contributed by atoms with van der Waals surface area (Å²) in [6.45, 7) is 6.21. The van der Waals surface area contributed by atoms with E-state index in [0.717, 1.165) is 34.9 Å². The van der Waals surface area contributed by atoms with Gasteiger partial charge in [0, 0.05) is 0 Å². The van der Waals surface area contributed by atoms with Crippen LogP contribution in [0.5, 0.6) is 11.5 Å². The summed E-state index contributed by atoms with van der Waals surface area (Å²) in [6, 6.07) is 8.07. The van der Waals surface area contributed by atoms with Crippen molar-refractivity contribution >= 4 is 0 Å². The summed E-state index contributed by atoms with van der Waals surface area (Å²) < 4.78 is 16.9. The second kappa shape index (κ2) is 5.59. The Kier molecular flexibility index (Phi) is 3.65. The number of ether oxygens (including phenoxy) is 2. The van der Waals surface area contributed by atoms with Crippen LogP contribution in [0.3, 0.4) is 0 Å². The smallest absolute Gasteiger partial charge is 0.161 e. The van der Waals surface area contributed by atoms with Crippen molar-refractivity contribution in [3.63, 3.8) is 0 Å². The highest BCUT2D eigenvalue weighted by molar-refractivity contribution is 5.46. The number of benzene rings is 1. The monoisotopic (exact) mass is 273 g/mol. The molecule has 0 amide bonds. The van der Waals surface area contributed by atoms with Crippen LogP contribution in [-0.4, -0.2) is 19.8 Å². The number of hydrogen-bond donors (Lipinski definition) is 1. The quantitative estimate of drug-likeness (QED) is 0.929. The molecule has 1 atom stereocenters. The molecular formula is C16H19NO3. The second-order valence-electron chi connectivity index (χ2n) is 4.86. The van der Waals surface area contributed by atoms with E-state index in [1.54, 1.807) is 6.26 Å². The molecule has 2 aromatic rings. The molecule has 0 bridgehead atoms. The van der Waals surface area contributed by atoms with Crippen LogP contribution >= 0.6 is 0 Å². The van der Waals surface area contributed by atoms with Gasteiger partial charge in [-0.25, -0.2) is 0 Å². The zero-order chi connectivity index (χ0) is 13.9.